The van der Waals surface area contributed by atoms with Gasteiger partial charge in [0.1, 0.15) is 12.7 Å². The normalized spacial score (nSPS) is 10.9. The van der Waals surface area contributed by atoms with E-state index in [2.05, 4.69) is 54.7 Å². The molecular formula is C12H21N9. The van der Waals surface area contributed by atoms with Crippen LogP contribution in [0.15, 0.2) is 12.7 Å². The molecule has 2 rings (SSSR count). The molecule has 0 aromatic carbocycles. The van der Waals surface area contributed by atoms with Crippen LogP contribution in [0.1, 0.15) is 12.8 Å². The zero-order chi connectivity index (χ0) is 15.1. The van der Waals surface area contributed by atoms with Crippen molar-refractivity contribution in [3.63, 3.8) is 0 Å². The lowest BCUT2D eigenvalue weighted by Gasteiger charge is -2.10. The van der Waals surface area contributed by atoms with Crippen LogP contribution in [0.5, 0.6) is 0 Å². The maximum Gasteiger partial charge on any atom is 0.258 e. The topological polar surface area (TPSA) is 96.7 Å². The summed E-state index contributed by atoms with van der Waals surface area (Å²) in [6.07, 6.45) is 5.17. The summed E-state index contributed by atoms with van der Waals surface area (Å²) >= 11 is 0. The van der Waals surface area contributed by atoms with Gasteiger partial charge >= 0.3 is 0 Å². The monoisotopic (exact) mass is 291 g/mol. The second kappa shape index (κ2) is 7.48. The van der Waals surface area contributed by atoms with Crippen molar-refractivity contribution in [2.75, 3.05) is 44.9 Å². The average Bonchev–Trinajstić information content (AvgIpc) is 3.00. The van der Waals surface area contributed by atoms with Crippen molar-refractivity contribution >= 4 is 11.9 Å². The van der Waals surface area contributed by atoms with Crippen LogP contribution in [-0.2, 0) is 0 Å². The van der Waals surface area contributed by atoms with E-state index in [0.29, 0.717) is 17.8 Å². The molecule has 0 saturated carbocycles. The van der Waals surface area contributed by atoms with E-state index in [1.807, 2.05) is 0 Å². The fourth-order valence-corrected chi connectivity index (χ4v) is 1.72. The summed E-state index contributed by atoms with van der Waals surface area (Å²) < 4.78 is 1.50. The predicted molar refractivity (Wildman–Crippen MR) is 80.6 cm³/mol. The van der Waals surface area contributed by atoms with Crippen molar-refractivity contribution in [3.8, 4) is 5.95 Å². The molecule has 0 aliphatic heterocycles. The highest BCUT2D eigenvalue weighted by molar-refractivity contribution is 5.37. The Kier molecular flexibility index (Phi) is 5.38. The Morgan fingerprint density at radius 1 is 1.14 bits per heavy atom. The van der Waals surface area contributed by atoms with Gasteiger partial charge in [-0.1, -0.05) is 0 Å². The SMILES string of the molecule is CNc1nc(NCCCCN(C)C)nc(-n2cncn2)n1. The molecule has 2 aromatic heterocycles. The highest BCUT2D eigenvalue weighted by atomic mass is 15.4. The van der Waals surface area contributed by atoms with Crippen LogP contribution in [0.25, 0.3) is 5.95 Å². The predicted octanol–water partition coefficient (Wildman–Crippen LogP) is 0.248. The third-order valence-corrected chi connectivity index (χ3v) is 2.79. The molecule has 0 bridgehead atoms. The van der Waals surface area contributed by atoms with Crippen molar-refractivity contribution < 1.29 is 0 Å². The number of anilines is 2. The third kappa shape index (κ3) is 4.63. The smallest absolute Gasteiger partial charge is 0.258 e. The van der Waals surface area contributed by atoms with Gasteiger partial charge in [-0.2, -0.15) is 24.7 Å². The van der Waals surface area contributed by atoms with Gasteiger partial charge in [0.15, 0.2) is 0 Å². The van der Waals surface area contributed by atoms with Crippen molar-refractivity contribution in [1.82, 2.24) is 34.6 Å². The van der Waals surface area contributed by atoms with Gasteiger partial charge in [-0.05, 0) is 33.5 Å². The summed E-state index contributed by atoms with van der Waals surface area (Å²) in [7, 11) is 5.91. The molecule has 0 unspecified atom stereocenters. The van der Waals surface area contributed by atoms with E-state index in [1.54, 1.807) is 13.4 Å². The van der Waals surface area contributed by atoms with Crippen LogP contribution in [0, 0.1) is 0 Å². The fraction of sp³-hybridized carbons (Fsp3) is 0.583. The molecule has 2 heterocycles. The lowest BCUT2D eigenvalue weighted by atomic mass is 10.3. The minimum absolute atomic E-state index is 0.433. The van der Waals surface area contributed by atoms with Gasteiger partial charge < -0.3 is 15.5 Å². The summed E-state index contributed by atoms with van der Waals surface area (Å²) in [5, 5.41) is 10.2. The second-order valence-corrected chi connectivity index (χ2v) is 4.81. The first kappa shape index (κ1) is 15.1. The molecule has 0 aliphatic carbocycles. The number of rotatable bonds is 8. The highest BCUT2D eigenvalue weighted by Crippen LogP contribution is 2.08. The van der Waals surface area contributed by atoms with Gasteiger partial charge in [0.25, 0.3) is 5.95 Å². The van der Waals surface area contributed by atoms with E-state index in [9.17, 15) is 0 Å². The maximum atomic E-state index is 4.33. The average molecular weight is 291 g/mol. The molecule has 21 heavy (non-hydrogen) atoms. The summed E-state index contributed by atoms with van der Waals surface area (Å²) in [5.41, 5.74) is 0. The quantitative estimate of drug-likeness (QED) is 0.668. The Bertz CT molecular complexity index is 538. The Morgan fingerprint density at radius 3 is 2.62 bits per heavy atom. The lowest BCUT2D eigenvalue weighted by molar-refractivity contribution is 0.396. The Labute approximate surface area is 123 Å². The first-order valence-corrected chi connectivity index (χ1v) is 6.86. The second-order valence-electron chi connectivity index (χ2n) is 4.81. The van der Waals surface area contributed by atoms with E-state index in [0.717, 1.165) is 25.9 Å². The number of nitrogens with zero attached hydrogens (tertiary/aromatic N) is 7. The van der Waals surface area contributed by atoms with E-state index in [-0.39, 0.29) is 0 Å². The van der Waals surface area contributed by atoms with Crippen molar-refractivity contribution in [1.29, 1.82) is 0 Å². The molecule has 0 fully saturated rings. The zero-order valence-electron chi connectivity index (χ0n) is 12.6. The van der Waals surface area contributed by atoms with E-state index in [4.69, 9.17) is 0 Å². The number of aromatic nitrogens is 6. The van der Waals surface area contributed by atoms with Crippen molar-refractivity contribution in [2.45, 2.75) is 12.8 Å². The molecular weight excluding hydrogens is 270 g/mol. The molecule has 0 radical (unpaired) electrons. The van der Waals surface area contributed by atoms with Crippen LogP contribution in [0.4, 0.5) is 11.9 Å². The van der Waals surface area contributed by atoms with Gasteiger partial charge in [-0.3, -0.25) is 0 Å². The maximum absolute atomic E-state index is 4.33. The minimum atomic E-state index is 0.433. The first-order valence-electron chi connectivity index (χ1n) is 6.86. The highest BCUT2D eigenvalue weighted by Gasteiger charge is 2.07. The standard InChI is InChI=1S/C12H21N9/c1-13-10-17-11(15-6-4-5-7-20(2)3)19-12(18-10)21-9-14-8-16-21/h8-9H,4-7H2,1-3H3,(H2,13,15,17,18,19). The summed E-state index contributed by atoms with van der Waals surface area (Å²) in [6, 6.07) is 0. The first-order chi connectivity index (χ1) is 10.2. The lowest BCUT2D eigenvalue weighted by Crippen LogP contribution is -2.15. The van der Waals surface area contributed by atoms with Gasteiger partial charge in [0.05, 0.1) is 0 Å². The molecule has 2 aromatic rings. The third-order valence-electron chi connectivity index (χ3n) is 2.79. The van der Waals surface area contributed by atoms with Crippen molar-refractivity contribution in [3.05, 3.63) is 12.7 Å². The summed E-state index contributed by atoms with van der Waals surface area (Å²) in [6.45, 7) is 1.89. The molecule has 0 amide bonds. The van der Waals surface area contributed by atoms with Crippen LogP contribution in [0.3, 0.4) is 0 Å². The molecule has 114 valence electrons. The largest absolute Gasteiger partial charge is 0.357 e. The molecule has 2 N–H and O–H groups in total. The molecule has 9 nitrogen and oxygen atoms in total. The molecule has 9 heteroatoms. The number of nitrogens with one attached hydrogen (secondary N) is 2. The molecule has 0 atom stereocenters. The van der Waals surface area contributed by atoms with Gasteiger partial charge in [-0.15, -0.1) is 0 Å². The van der Waals surface area contributed by atoms with Crippen LogP contribution in [0.2, 0.25) is 0 Å². The van der Waals surface area contributed by atoms with E-state index >= 15 is 0 Å². The number of unbranched alkanes of at least 4 members (excludes halogenated alkanes) is 1. The zero-order valence-corrected chi connectivity index (χ0v) is 12.6. The summed E-state index contributed by atoms with van der Waals surface area (Å²) in [5.74, 6) is 1.46. The Morgan fingerprint density at radius 2 is 1.95 bits per heavy atom. The molecule has 0 spiro atoms. The van der Waals surface area contributed by atoms with Crippen LogP contribution >= 0.6 is 0 Å². The minimum Gasteiger partial charge on any atom is -0.357 e. The Hall–Kier alpha value is -2.29. The number of hydrogen-bond donors (Lipinski definition) is 2. The fourth-order valence-electron chi connectivity index (χ4n) is 1.72. The molecule has 0 saturated heterocycles. The van der Waals surface area contributed by atoms with Gasteiger partial charge in [-0.25, -0.2) is 4.98 Å². The Balaban J connectivity index is 1.97. The van der Waals surface area contributed by atoms with Crippen LogP contribution < -0.4 is 10.6 Å². The van der Waals surface area contributed by atoms with Gasteiger partial charge in [0, 0.05) is 13.6 Å². The van der Waals surface area contributed by atoms with Gasteiger partial charge in [0.2, 0.25) is 11.9 Å². The van der Waals surface area contributed by atoms with E-state index in [1.165, 1.54) is 11.0 Å². The van der Waals surface area contributed by atoms with Crippen LogP contribution in [-0.4, -0.2) is 68.8 Å². The summed E-state index contributed by atoms with van der Waals surface area (Å²) in [4.78, 5) is 18.9. The molecule has 0 aliphatic rings. The number of hydrogen-bond acceptors (Lipinski definition) is 8. The van der Waals surface area contributed by atoms with Crippen molar-refractivity contribution in [2.24, 2.45) is 0 Å². The van der Waals surface area contributed by atoms with E-state index < -0.39 is 0 Å².